The quantitative estimate of drug-likeness (QED) is 0.814. The number of rotatable bonds is 3. The summed E-state index contributed by atoms with van der Waals surface area (Å²) in [4.78, 5) is 26.8. The summed E-state index contributed by atoms with van der Waals surface area (Å²) < 4.78 is 5.07. The fraction of sp³-hybridized carbons (Fsp3) is 0.312. The standard InChI is InChI=1S/C16H16N2O3S/c1-9-6-13(17-21-9)8-18-14-7-12(10(2)19)4-5-15(14)22-11(3)16(18)20/h4-7,11H,8H2,1-3H3. The zero-order valence-corrected chi connectivity index (χ0v) is 13.4. The van der Waals surface area contributed by atoms with E-state index < -0.39 is 0 Å². The number of anilines is 1. The molecular formula is C16H16N2O3S. The highest BCUT2D eigenvalue weighted by Gasteiger charge is 2.31. The van der Waals surface area contributed by atoms with E-state index >= 15 is 0 Å². The smallest absolute Gasteiger partial charge is 0.240 e. The minimum Gasteiger partial charge on any atom is -0.361 e. The van der Waals surface area contributed by atoms with Gasteiger partial charge in [0.1, 0.15) is 11.5 Å². The molecule has 0 fully saturated rings. The Morgan fingerprint density at radius 3 is 2.82 bits per heavy atom. The number of fused-ring (bicyclic) bond motifs is 1. The molecule has 6 heteroatoms. The predicted octanol–water partition coefficient (Wildman–Crippen LogP) is 3.21. The van der Waals surface area contributed by atoms with Gasteiger partial charge in [-0.2, -0.15) is 0 Å². The van der Waals surface area contributed by atoms with E-state index in [0.29, 0.717) is 23.6 Å². The molecule has 1 unspecified atom stereocenters. The van der Waals surface area contributed by atoms with Crippen molar-refractivity contribution in [3.63, 3.8) is 0 Å². The Kier molecular flexibility index (Phi) is 3.78. The summed E-state index contributed by atoms with van der Waals surface area (Å²) in [6, 6.07) is 7.30. The monoisotopic (exact) mass is 316 g/mol. The molecule has 3 rings (SSSR count). The number of aryl methyl sites for hydroxylation is 1. The highest BCUT2D eigenvalue weighted by molar-refractivity contribution is 8.00. The lowest BCUT2D eigenvalue weighted by molar-refractivity contribution is -0.118. The van der Waals surface area contributed by atoms with Crippen LogP contribution in [0.1, 0.15) is 35.7 Å². The van der Waals surface area contributed by atoms with Crippen LogP contribution in [-0.2, 0) is 11.3 Å². The van der Waals surface area contributed by atoms with Crippen LogP contribution in [0.25, 0.3) is 0 Å². The number of hydrogen-bond acceptors (Lipinski definition) is 5. The first-order valence-electron chi connectivity index (χ1n) is 7.01. The highest BCUT2D eigenvalue weighted by atomic mass is 32.2. The van der Waals surface area contributed by atoms with Crippen molar-refractivity contribution < 1.29 is 14.1 Å². The number of Topliss-reactive ketones (excluding diaryl/α,β-unsaturated/α-hetero) is 1. The molecule has 1 aliphatic heterocycles. The molecular weight excluding hydrogens is 300 g/mol. The van der Waals surface area contributed by atoms with E-state index in [-0.39, 0.29) is 16.9 Å². The Morgan fingerprint density at radius 1 is 1.41 bits per heavy atom. The van der Waals surface area contributed by atoms with E-state index in [1.165, 1.54) is 18.7 Å². The number of carbonyl (C=O) groups excluding carboxylic acids is 2. The molecule has 2 heterocycles. The zero-order valence-electron chi connectivity index (χ0n) is 12.6. The van der Waals surface area contributed by atoms with Gasteiger partial charge in [0, 0.05) is 16.5 Å². The van der Waals surface area contributed by atoms with Crippen LogP contribution in [-0.4, -0.2) is 22.1 Å². The summed E-state index contributed by atoms with van der Waals surface area (Å²) in [6.07, 6.45) is 0. The number of benzene rings is 1. The Hall–Kier alpha value is -2.08. The second-order valence-corrected chi connectivity index (χ2v) is 6.73. The van der Waals surface area contributed by atoms with Crippen molar-refractivity contribution in [3.8, 4) is 0 Å². The Balaban J connectivity index is 2.02. The third-order valence-corrected chi connectivity index (χ3v) is 4.73. The molecule has 0 radical (unpaired) electrons. The van der Waals surface area contributed by atoms with Crippen LogP contribution in [0.3, 0.4) is 0 Å². The van der Waals surface area contributed by atoms with Gasteiger partial charge in [0.2, 0.25) is 5.91 Å². The van der Waals surface area contributed by atoms with Gasteiger partial charge >= 0.3 is 0 Å². The van der Waals surface area contributed by atoms with Crippen LogP contribution in [0.5, 0.6) is 0 Å². The molecule has 0 aliphatic carbocycles. The third-order valence-electron chi connectivity index (χ3n) is 3.57. The molecule has 0 saturated heterocycles. The lowest BCUT2D eigenvalue weighted by atomic mass is 10.1. The van der Waals surface area contributed by atoms with Crippen molar-refractivity contribution in [2.45, 2.75) is 37.5 Å². The Bertz CT molecular complexity index is 754. The van der Waals surface area contributed by atoms with E-state index in [0.717, 1.165) is 10.6 Å². The number of nitrogens with zero attached hydrogens (tertiary/aromatic N) is 2. The molecule has 0 spiro atoms. The second kappa shape index (κ2) is 5.61. The van der Waals surface area contributed by atoms with Gasteiger partial charge in [0.05, 0.1) is 17.5 Å². The average molecular weight is 316 g/mol. The lowest BCUT2D eigenvalue weighted by Crippen LogP contribution is -2.39. The molecule has 0 N–H and O–H groups in total. The van der Waals surface area contributed by atoms with Gasteiger partial charge in [0.25, 0.3) is 0 Å². The van der Waals surface area contributed by atoms with Gasteiger partial charge in [0.15, 0.2) is 5.78 Å². The number of amides is 1. The van der Waals surface area contributed by atoms with Crippen LogP contribution in [0, 0.1) is 6.92 Å². The SMILES string of the molecule is CC(=O)c1ccc2c(c1)N(Cc1cc(C)on1)C(=O)C(C)S2. The molecule has 1 aromatic heterocycles. The van der Waals surface area contributed by atoms with Gasteiger partial charge < -0.3 is 9.42 Å². The maximum Gasteiger partial charge on any atom is 0.240 e. The Labute approximate surface area is 132 Å². The van der Waals surface area contributed by atoms with Crippen molar-refractivity contribution in [1.82, 2.24) is 5.16 Å². The van der Waals surface area contributed by atoms with E-state index in [1.54, 1.807) is 17.0 Å². The average Bonchev–Trinajstić information content (AvgIpc) is 2.88. The summed E-state index contributed by atoms with van der Waals surface area (Å²) in [7, 11) is 0. The van der Waals surface area contributed by atoms with Crippen molar-refractivity contribution in [2.75, 3.05) is 4.90 Å². The molecule has 22 heavy (non-hydrogen) atoms. The van der Waals surface area contributed by atoms with Gasteiger partial charge in [-0.05, 0) is 32.9 Å². The highest BCUT2D eigenvalue weighted by Crippen LogP contribution is 2.40. The maximum absolute atomic E-state index is 12.5. The van der Waals surface area contributed by atoms with Crippen LogP contribution < -0.4 is 4.90 Å². The number of aromatic nitrogens is 1. The molecule has 2 aromatic rings. The number of carbonyl (C=O) groups is 2. The fourth-order valence-corrected chi connectivity index (χ4v) is 3.49. The fourth-order valence-electron chi connectivity index (χ4n) is 2.44. The predicted molar refractivity (Wildman–Crippen MR) is 84.2 cm³/mol. The van der Waals surface area contributed by atoms with Crippen LogP contribution >= 0.6 is 11.8 Å². The molecule has 5 nitrogen and oxygen atoms in total. The zero-order chi connectivity index (χ0) is 15.9. The first-order valence-corrected chi connectivity index (χ1v) is 7.89. The normalized spacial score (nSPS) is 17.5. The third kappa shape index (κ3) is 2.66. The lowest BCUT2D eigenvalue weighted by Gasteiger charge is -2.32. The van der Waals surface area contributed by atoms with Crippen molar-refractivity contribution in [2.24, 2.45) is 0 Å². The minimum absolute atomic E-state index is 0.0128. The van der Waals surface area contributed by atoms with Gasteiger partial charge in [-0.3, -0.25) is 9.59 Å². The summed E-state index contributed by atoms with van der Waals surface area (Å²) in [5.74, 6) is 0.703. The maximum atomic E-state index is 12.5. The number of thioether (sulfide) groups is 1. The van der Waals surface area contributed by atoms with Gasteiger partial charge in [-0.25, -0.2) is 0 Å². The van der Waals surface area contributed by atoms with Crippen LogP contribution in [0.15, 0.2) is 33.7 Å². The summed E-state index contributed by atoms with van der Waals surface area (Å²) in [5.41, 5.74) is 2.06. The molecule has 1 aliphatic rings. The Morgan fingerprint density at radius 2 is 2.18 bits per heavy atom. The molecule has 0 bridgehead atoms. The first kappa shape index (κ1) is 14.8. The number of hydrogen-bond donors (Lipinski definition) is 0. The molecule has 1 atom stereocenters. The molecule has 114 valence electrons. The number of ketones is 1. The summed E-state index contributed by atoms with van der Waals surface area (Å²) in [6.45, 7) is 5.56. The van der Waals surface area contributed by atoms with Gasteiger partial charge in [-0.15, -0.1) is 11.8 Å². The van der Waals surface area contributed by atoms with Crippen LogP contribution in [0.4, 0.5) is 5.69 Å². The largest absolute Gasteiger partial charge is 0.361 e. The van der Waals surface area contributed by atoms with E-state index in [9.17, 15) is 9.59 Å². The topological polar surface area (TPSA) is 63.4 Å². The first-order chi connectivity index (χ1) is 10.5. The summed E-state index contributed by atoms with van der Waals surface area (Å²) in [5, 5.41) is 3.79. The summed E-state index contributed by atoms with van der Waals surface area (Å²) >= 11 is 1.51. The van der Waals surface area contributed by atoms with Crippen LogP contribution in [0.2, 0.25) is 0 Å². The van der Waals surface area contributed by atoms with Crippen molar-refractivity contribution in [1.29, 1.82) is 0 Å². The molecule has 1 aromatic carbocycles. The van der Waals surface area contributed by atoms with E-state index in [4.69, 9.17) is 4.52 Å². The van der Waals surface area contributed by atoms with Crippen molar-refractivity contribution >= 4 is 29.1 Å². The van der Waals surface area contributed by atoms with E-state index in [2.05, 4.69) is 5.16 Å². The second-order valence-electron chi connectivity index (χ2n) is 5.35. The van der Waals surface area contributed by atoms with Gasteiger partial charge in [-0.1, -0.05) is 11.2 Å². The molecule has 0 saturated carbocycles. The molecule has 1 amide bonds. The minimum atomic E-state index is -0.163. The van der Waals surface area contributed by atoms with E-state index in [1.807, 2.05) is 26.0 Å². The van der Waals surface area contributed by atoms with Crippen molar-refractivity contribution in [3.05, 3.63) is 41.3 Å².